The molecule has 9 N–H and O–H groups in total. The summed E-state index contributed by atoms with van der Waals surface area (Å²) in [7, 11) is 0. The summed E-state index contributed by atoms with van der Waals surface area (Å²) in [6, 6.07) is 1.90. The number of rotatable bonds is 6. The van der Waals surface area contributed by atoms with Crippen LogP contribution in [0.3, 0.4) is 0 Å². The number of phenolic OH excluding ortho intramolecular Hbond substituents is 3. The lowest BCUT2D eigenvalue weighted by Gasteiger charge is -2.44. The zero-order valence-corrected chi connectivity index (χ0v) is 23.3. The number of piperidine rings is 1. The first-order valence-corrected chi connectivity index (χ1v) is 13.4. The number of hydrogen-bond acceptors (Lipinski definition) is 13. The number of halogens is 1. The predicted molar refractivity (Wildman–Crippen MR) is 144 cm³/mol. The van der Waals surface area contributed by atoms with Gasteiger partial charge in [-0.3, -0.25) is 24.6 Å². The minimum Gasteiger partial charge on any atom is -0.504 e. The number of ether oxygens (including phenoxy) is 1. The summed E-state index contributed by atoms with van der Waals surface area (Å²) < 4.78 is 20.4. The molecule has 1 atom stereocenters. The number of anilines is 1. The number of aromatic hydroxyl groups is 3. The van der Waals surface area contributed by atoms with Crippen molar-refractivity contribution in [3.63, 3.8) is 0 Å². The number of morpholine rings is 1. The summed E-state index contributed by atoms with van der Waals surface area (Å²) in [5, 5.41) is 76.6. The van der Waals surface area contributed by atoms with Crippen molar-refractivity contribution in [2.45, 2.75) is 51.1 Å². The quantitative estimate of drug-likeness (QED) is 0.0809. The van der Waals surface area contributed by atoms with E-state index in [1.807, 2.05) is 13.8 Å². The van der Waals surface area contributed by atoms with Gasteiger partial charge in [0.15, 0.2) is 29.1 Å². The van der Waals surface area contributed by atoms with Crippen LogP contribution in [0.2, 0.25) is 0 Å². The Morgan fingerprint density at radius 2 is 1.63 bits per heavy atom. The minimum absolute atomic E-state index is 0.0340. The molecule has 3 amide bonds. The zero-order valence-electron chi connectivity index (χ0n) is 23.3. The number of nitrogens with zero attached hydrogens (tertiary/aromatic N) is 2. The van der Waals surface area contributed by atoms with Crippen molar-refractivity contribution in [2.24, 2.45) is 0 Å². The number of phenols is 3. The van der Waals surface area contributed by atoms with Gasteiger partial charge in [0, 0.05) is 49.5 Å². The molecule has 5 rings (SSSR count). The van der Waals surface area contributed by atoms with Crippen molar-refractivity contribution >= 4 is 23.4 Å². The van der Waals surface area contributed by atoms with Gasteiger partial charge in [-0.15, -0.1) is 0 Å². The van der Waals surface area contributed by atoms with E-state index in [0.717, 1.165) is 0 Å². The molecule has 3 heterocycles. The summed E-state index contributed by atoms with van der Waals surface area (Å²) in [5.41, 5.74) is -0.367. The van der Waals surface area contributed by atoms with E-state index in [9.17, 15) is 50.1 Å². The highest BCUT2D eigenvalue weighted by Crippen LogP contribution is 2.43. The molecule has 43 heavy (non-hydrogen) atoms. The van der Waals surface area contributed by atoms with E-state index in [1.54, 1.807) is 10.2 Å². The first-order valence-electron chi connectivity index (χ1n) is 13.4. The SMILES string of the molecule is CC.O=C1NC(=O)C(O)(O)C(O)(O)C1N1Cc2c(NCc3c(O)c(O)c(CN4CCOCC4)c(O)c3F)cccc2C1=O. The first kappa shape index (κ1) is 31.9. The lowest BCUT2D eigenvalue weighted by atomic mass is 9.90. The van der Waals surface area contributed by atoms with Crippen LogP contribution in [0.1, 0.15) is 40.9 Å². The van der Waals surface area contributed by atoms with E-state index in [0.29, 0.717) is 31.2 Å². The number of carbonyl (C=O) groups excluding carboxylic acids is 3. The normalized spacial score (nSPS) is 21.1. The molecule has 15 nitrogen and oxygen atoms in total. The monoisotopic (exact) mass is 608 g/mol. The van der Waals surface area contributed by atoms with E-state index in [2.05, 4.69) is 5.32 Å². The fourth-order valence-electron chi connectivity index (χ4n) is 5.15. The second-order valence-corrected chi connectivity index (χ2v) is 9.94. The van der Waals surface area contributed by atoms with Crippen LogP contribution >= 0.6 is 0 Å². The number of hydrogen-bond donors (Lipinski definition) is 9. The van der Waals surface area contributed by atoms with Crippen LogP contribution < -0.4 is 10.6 Å². The summed E-state index contributed by atoms with van der Waals surface area (Å²) in [6.07, 6.45) is 0. The maximum absolute atomic E-state index is 15.2. The molecule has 2 fully saturated rings. The lowest BCUT2D eigenvalue weighted by Crippen LogP contribution is -2.79. The van der Waals surface area contributed by atoms with Gasteiger partial charge in [-0.1, -0.05) is 19.9 Å². The molecule has 2 aromatic carbocycles. The molecule has 0 aromatic heterocycles. The van der Waals surface area contributed by atoms with Gasteiger partial charge in [0.1, 0.15) is 0 Å². The number of fused-ring (bicyclic) bond motifs is 1. The van der Waals surface area contributed by atoms with Crippen LogP contribution in [0.4, 0.5) is 10.1 Å². The molecule has 2 aromatic rings. The van der Waals surface area contributed by atoms with Crippen LogP contribution in [0.15, 0.2) is 18.2 Å². The smallest absolute Gasteiger partial charge is 0.303 e. The van der Waals surface area contributed by atoms with Crippen molar-refractivity contribution < 1.29 is 59.3 Å². The Balaban J connectivity index is 0.00000207. The van der Waals surface area contributed by atoms with Gasteiger partial charge in [-0.05, 0) is 12.1 Å². The summed E-state index contributed by atoms with van der Waals surface area (Å²) in [4.78, 5) is 39.8. The second-order valence-electron chi connectivity index (χ2n) is 9.94. The molecule has 0 radical (unpaired) electrons. The van der Waals surface area contributed by atoms with E-state index >= 15 is 4.39 Å². The predicted octanol–water partition coefficient (Wildman–Crippen LogP) is -1.24. The van der Waals surface area contributed by atoms with Crippen LogP contribution in [0.25, 0.3) is 0 Å². The van der Waals surface area contributed by atoms with E-state index in [-0.39, 0.29) is 28.9 Å². The molecule has 2 saturated heterocycles. The van der Waals surface area contributed by atoms with Crippen LogP contribution in [-0.2, 0) is 34.0 Å². The minimum atomic E-state index is -3.82. The van der Waals surface area contributed by atoms with Crippen LogP contribution in [0, 0.1) is 5.82 Å². The van der Waals surface area contributed by atoms with Gasteiger partial charge in [-0.2, -0.15) is 0 Å². The van der Waals surface area contributed by atoms with Gasteiger partial charge in [-0.25, -0.2) is 4.39 Å². The number of amides is 3. The first-order chi connectivity index (χ1) is 20.3. The topological polar surface area (TPSA) is 233 Å². The van der Waals surface area contributed by atoms with Crippen molar-refractivity contribution in [3.05, 3.63) is 46.3 Å². The fraction of sp³-hybridized carbons (Fsp3) is 0.444. The molecular weight excluding hydrogens is 575 g/mol. The Hall–Kier alpha value is -4.06. The molecule has 234 valence electrons. The van der Waals surface area contributed by atoms with Crippen molar-refractivity contribution in [1.82, 2.24) is 15.1 Å². The Kier molecular flexibility index (Phi) is 8.82. The van der Waals surface area contributed by atoms with Gasteiger partial charge < -0.3 is 50.7 Å². The third-order valence-corrected chi connectivity index (χ3v) is 7.50. The highest BCUT2D eigenvalue weighted by Gasteiger charge is 2.67. The average molecular weight is 609 g/mol. The number of carbonyl (C=O) groups is 3. The summed E-state index contributed by atoms with van der Waals surface area (Å²) in [5.74, 6) is -15.2. The van der Waals surface area contributed by atoms with Crippen LogP contribution in [0.5, 0.6) is 17.2 Å². The highest BCUT2D eigenvalue weighted by molar-refractivity contribution is 6.08. The Morgan fingerprint density at radius 1 is 1.00 bits per heavy atom. The fourth-order valence-corrected chi connectivity index (χ4v) is 5.15. The largest absolute Gasteiger partial charge is 0.504 e. The van der Waals surface area contributed by atoms with E-state index in [4.69, 9.17) is 4.74 Å². The molecule has 3 aliphatic rings. The molecule has 0 saturated carbocycles. The number of nitrogens with one attached hydrogen (secondary N) is 2. The van der Waals surface area contributed by atoms with Crippen molar-refractivity contribution in [1.29, 1.82) is 0 Å². The zero-order chi connectivity index (χ0) is 31.9. The number of benzene rings is 2. The Labute approximate surface area is 244 Å². The molecule has 16 heteroatoms. The molecule has 0 aliphatic carbocycles. The summed E-state index contributed by atoms with van der Waals surface area (Å²) >= 11 is 0. The van der Waals surface area contributed by atoms with Crippen LogP contribution in [-0.4, -0.2) is 107 Å². The molecule has 0 bridgehead atoms. The number of aliphatic hydroxyl groups is 4. The lowest BCUT2D eigenvalue weighted by molar-refractivity contribution is -0.355. The van der Waals surface area contributed by atoms with Gasteiger partial charge in [0.25, 0.3) is 23.5 Å². The Morgan fingerprint density at radius 3 is 2.28 bits per heavy atom. The van der Waals surface area contributed by atoms with E-state index in [1.165, 1.54) is 18.2 Å². The van der Waals surface area contributed by atoms with Crippen molar-refractivity contribution in [3.8, 4) is 17.2 Å². The van der Waals surface area contributed by atoms with Gasteiger partial charge in [0.05, 0.1) is 24.3 Å². The second kappa shape index (κ2) is 11.9. The Bertz CT molecular complexity index is 1410. The maximum atomic E-state index is 15.2. The average Bonchev–Trinajstić information content (AvgIpc) is 3.31. The molecule has 3 aliphatic heterocycles. The van der Waals surface area contributed by atoms with Crippen molar-refractivity contribution in [2.75, 3.05) is 31.6 Å². The standard InChI is InChI=1S/C25H27FN4O11.C2H6/c26-16-12(18(32)19(33)14(17(16)31)9-29-4-6-41-7-5-29)8-27-15-3-1-2-11-13(15)10-30(22(11)35)20-21(34)28-23(36)25(39,40)24(20,37)38;1-2/h1-3,20,27,31-33,37-40H,4-10H2,(H,28,34,36);1-2H3. The molecule has 1 unspecified atom stereocenters. The number of imide groups is 1. The van der Waals surface area contributed by atoms with Gasteiger partial charge >= 0.3 is 5.79 Å². The third kappa shape index (κ3) is 5.32. The van der Waals surface area contributed by atoms with E-state index < -0.39 is 77.1 Å². The highest BCUT2D eigenvalue weighted by atomic mass is 19.1. The van der Waals surface area contributed by atoms with Gasteiger partial charge in [0.2, 0.25) is 0 Å². The molecule has 0 spiro atoms. The molecular formula is C27H33FN4O11. The summed E-state index contributed by atoms with van der Waals surface area (Å²) in [6.45, 7) is 4.78. The third-order valence-electron chi connectivity index (χ3n) is 7.50. The maximum Gasteiger partial charge on any atom is 0.303 e.